The molecule has 0 saturated carbocycles. The number of benzene rings is 2. The largest absolute Gasteiger partial charge is 0.397 e. The quantitative estimate of drug-likeness (QED) is 0.807. The van der Waals surface area contributed by atoms with E-state index in [1.807, 2.05) is 0 Å². The lowest BCUT2D eigenvalue weighted by atomic mass is 10.2. The molecular formula is C13H13ClN2O4S2. The number of sulfonamides is 1. The molecule has 2 aromatic carbocycles. The van der Waals surface area contributed by atoms with Crippen molar-refractivity contribution in [2.75, 3.05) is 5.73 Å². The first-order valence-corrected chi connectivity index (χ1v) is 9.38. The van der Waals surface area contributed by atoms with Crippen LogP contribution < -0.4 is 10.9 Å². The molecule has 0 aliphatic heterocycles. The number of nitrogens with two attached hydrogens (primary N) is 2. The van der Waals surface area contributed by atoms with Gasteiger partial charge in [-0.05, 0) is 42.8 Å². The summed E-state index contributed by atoms with van der Waals surface area (Å²) in [4.78, 5) is -1.02. The van der Waals surface area contributed by atoms with Crippen LogP contribution in [-0.4, -0.2) is 16.8 Å². The van der Waals surface area contributed by atoms with Crippen molar-refractivity contribution in [3.63, 3.8) is 0 Å². The molecule has 0 amide bonds. The van der Waals surface area contributed by atoms with E-state index in [1.54, 1.807) is 6.92 Å². The Kier molecular flexibility index (Phi) is 4.22. The van der Waals surface area contributed by atoms with E-state index in [0.717, 1.165) is 6.07 Å². The molecule has 0 bridgehead atoms. The van der Waals surface area contributed by atoms with E-state index in [9.17, 15) is 16.8 Å². The highest BCUT2D eigenvalue weighted by Crippen LogP contribution is 2.30. The number of rotatable bonds is 3. The van der Waals surface area contributed by atoms with Gasteiger partial charge >= 0.3 is 0 Å². The molecule has 0 aliphatic carbocycles. The number of anilines is 1. The molecular weight excluding hydrogens is 348 g/mol. The predicted molar refractivity (Wildman–Crippen MR) is 83.9 cm³/mol. The number of hydrogen-bond donors (Lipinski definition) is 2. The fourth-order valence-corrected chi connectivity index (χ4v) is 4.73. The fraction of sp³-hybridized carbons (Fsp3) is 0.0769. The molecule has 118 valence electrons. The topological polar surface area (TPSA) is 120 Å². The Morgan fingerprint density at radius 1 is 0.955 bits per heavy atom. The average molecular weight is 361 g/mol. The Morgan fingerprint density at radius 3 is 2.14 bits per heavy atom. The maximum Gasteiger partial charge on any atom is 0.239 e. The van der Waals surface area contributed by atoms with Gasteiger partial charge in [0.25, 0.3) is 0 Å². The van der Waals surface area contributed by atoms with Crippen LogP contribution in [-0.2, 0) is 19.9 Å². The second-order valence-electron chi connectivity index (χ2n) is 4.68. The SMILES string of the molecule is Cc1ccc(S(N)(=O)=O)c(S(=O)(=O)c2ccc(Cl)c(N)c2)c1. The lowest BCUT2D eigenvalue weighted by Gasteiger charge is -2.11. The second-order valence-corrected chi connectivity index (χ2v) is 8.54. The molecule has 2 rings (SSSR count). The molecule has 0 radical (unpaired) electrons. The highest BCUT2D eigenvalue weighted by molar-refractivity contribution is 7.93. The van der Waals surface area contributed by atoms with E-state index in [2.05, 4.69) is 0 Å². The van der Waals surface area contributed by atoms with Gasteiger partial charge < -0.3 is 5.73 Å². The Labute approximate surface area is 133 Å². The minimum Gasteiger partial charge on any atom is -0.397 e. The number of hydrogen-bond acceptors (Lipinski definition) is 5. The summed E-state index contributed by atoms with van der Waals surface area (Å²) in [5, 5.41) is 5.30. The van der Waals surface area contributed by atoms with Crippen molar-refractivity contribution < 1.29 is 16.8 Å². The number of aryl methyl sites for hydroxylation is 1. The zero-order chi connectivity index (χ0) is 16.7. The first-order valence-electron chi connectivity index (χ1n) is 5.97. The van der Waals surface area contributed by atoms with Gasteiger partial charge in [0, 0.05) is 0 Å². The van der Waals surface area contributed by atoms with Crippen LogP contribution in [0.2, 0.25) is 5.02 Å². The molecule has 0 fully saturated rings. The van der Waals surface area contributed by atoms with Gasteiger partial charge in [-0.25, -0.2) is 22.0 Å². The first kappa shape index (κ1) is 16.8. The molecule has 9 heteroatoms. The third kappa shape index (κ3) is 3.09. The van der Waals surface area contributed by atoms with Gasteiger partial charge in [0.1, 0.15) is 4.90 Å². The lowest BCUT2D eigenvalue weighted by molar-refractivity contribution is 0.583. The van der Waals surface area contributed by atoms with Crippen molar-refractivity contribution in [1.82, 2.24) is 0 Å². The van der Waals surface area contributed by atoms with Crippen molar-refractivity contribution in [2.45, 2.75) is 21.6 Å². The highest BCUT2D eigenvalue weighted by atomic mass is 35.5. The monoisotopic (exact) mass is 360 g/mol. The van der Waals surface area contributed by atoms with E-state index in [-0.39, 0.29) is 15.6 Å². The van der Waals surface area contributed by atoms with E-state index >= 15 is 0 Å². The molecule has 22 heavy (non-hydrogen) atoms. The Hall–Kier alpha value is -1.61. The van der Waals surface area contributed by atoms with Gasteiger partial charge in [0.15, 0.2) is 0 Å². The maximum absolute atomic E-state index is 12.7. The molecule has 0 aliphatic rings. The van der Waals surface area contributed by atoms with Crippen molar-refractivity contribution in [2.24, 2.45) is 5.14 Å². The van der Waals surface area contributed by atoms with Crippen LogP contribution in [0, 0.1) is 6.92 Å². The average Bonchev–Trinajstić information content (AvgIpc) is 2.40. The molecule has 0 heterocycles. The minimum absolute atomic E-state index is 0.0764. The summed E-state index contributed by atoms with van der Waals surface area (Å²) >= 11 is 5.77. The Morgan fingerprint density at radius 2 is 1.59 bits per heavy atom. The maximum atomic E-state index is 12.7. The van der Waals surface area contributed by atoms with Crippen molar-refractivity contribution in [1.29, 1.82) is 0 Å². The molecule has 2 aromatic rings. The summed E-state index contributed by atoms with van der Waals surface area (Å²) in [6, 6.07) is 7.64. The van der Waals surface area contributed by atoms with E-state index in [1.165, 1.54) is 30.3 Å². The van der Waals surface area contributed by atoms with Crippen LogP contribution >= 0.6 is 11.6 Å². The second kappa shape index (κ2) is 5.54. The summed E-state index contributed by atoms with van der Waals surface area (Å²) < 4.78 is 48.7. The smallest absolute Gasteiger partial charge is 0.239 e. The van der Waals surface area contributed by atoms with Gasteiger partial charge in [-0.2, -0.15) is 0 Å². The minimum atomic E-state index is -4.20. The fourth-order valence-electron chi connectivity index (χ4n) is 1.88. The van der Waals surface area contributed by atoms with Gasteiger partial charge in [0.05, 0.1) is 20.5 Å². The van der Waals surface area contributed by atoms with Gasteiger partial charge in [-0.1, -0.05) is 17.7 Å². The summed E-state index contributed by atoms with van der Waals surface area (Å²) in [6.45, 7) is 1.64. The molecule has 0 spiro atoms. The standard InChI is InChI=1S/C13H13ClN2O4S2/c1-8-2-5-12(22(16,19)20)13(6-8)21(17,18)9-3-4-10(14)11(15)7-9/h2-7H,15H2,1H3,(H2,16,19,20). The first-order chi connectivity index (χ1) is 10.0. The molecule has 0 unspecified atom stereocenters. The number of halogens is 1. The zero-order valence-corrected chi connectivity index (χ0v) is 13.8. The Balaban J connectivity index is 2.79. The van der Waals surface area contributed by atoms with E-state index in [0.29, 0.717) is 5.56 Å². The van der Waals surface area contributed by atoms with Crippen molar-refractivity contribution >= 4 is 37.1 Å². The zero-order valence-electron chi connectivity index (χ0n) is 11.4. The normalized spacial score (nSPS) is 12.3. The lowest BCUT2D eigenvalue weighted by Crippen LogP contribution is -2.17. The van der Waals surface area contributed by atoms with Gasteiger partial charge in [-0.15, -0.1) is 0 Å². The molecule has 0 saturated heterocycles. The van der Waals surface area contributed by atoms with Crippen LogP contribution in [0.3, 0.4) is 0 Å². The van der Waals surface area contributed by atoms with Crippen LogP contribution in [0.5, 0.6) is 0 Å². The van der Waals surface area contributed by atoms with Crippen LogP contribution in [0.4, 0.5) is 5.69 Å². The highest BCUT2D eigenvalue weighted by Gasteiger charge is 2.26. The van der Waals surface area contributed by atoms with Crippen molar-refractivity contribution in [3.05, 3.63) is 47.0 Å². The van der Waals surface area contributed by atoms with Crippen LogP contribution in [0.15, 0.2) is 51.1 Å². The summed E-state index contributed by atoms with van der Waals surface area (Å²) in [5.74, 6) is 0. The summed E-state index contributed by atoms with van der Waals surface area (Å²) in [5.41, 5.74) is 6.26. The van der Waals surface area contributed by atoms with E-state index < -0.39 is 29.7 Å². The van der Waals surface area contributed by atoms with Gasteiger partial charge in [0.2, 0.25) is 19.9 Å². The molecule has 4 N–H and O–H groups in total. The molecule has 0 aromatic heterocycles. The number of primary sulfonamides is 1. The van der Waals surface area contributed by atoms with E-state index in [4.69, 9.17) is 22.5 Å². The van der Waals surface area contributed by atoms with Crippen molar-refractivity contribution in [3.8, 4) is 0 Å². The van der Waals surface area contributed by atoms with Crippen LogP contribution in [0.1, 0.15) is 5.56 Å². The summed E-state index contributed by atoms with van der Waals surface area (Å²) in [6.07, 6.45) is 0. The molecule has 0 atom stereocenters. The van der Waals surface area contributed by atoms with Gasteiger partial charge in [-0.3, -0.25) is 0 Å². The third-order valence-electron chi connectivity index (χ3n) is 2.97. The van der Waals surface area contributed by atoms with Crippen LogP contribution in [0.25, 0.3) is 0 Å². The number of nitrogen functional groups attached to an aromatic ring is 1. The Bertz CT molecular complexity index is 954. The number of sulfone groups is 1. The third-order valence-corrected chi connectivity index (χ3v) is 6.21. The summed E-state index contributed by atoms with van der Waals surface area (Å²) in [7, 11) is -8.31. The predicted octanol–water partition coefficient (Wildman–Crippen LogP) is 1.71. The molecule has 6 nitrogen and oxygen atoms in total.